The van der Waals surface area contributed by atoms with Gasteiger partial charge < -0.3 is 21.6 Å². The summed E-state index contributed by atoms with van der Waals surface area (Å²) in [5.74, 6) is 3.33. The minimum absolute atomic E-state index is 0.0833. The molecule has 0 radical (unpaired) electrons. The van der Waals surface area contributed by atoms with Gasteiger partial charge in [0.2, 0.25) is 0 Å². The summed E-state index contributed by atoms with van der Waals surface area (Å²) in [6.45, 7) is 54.2. The van der Waals surface area contributed by atoms with E-state index in [-0.39, 0.29) is 27.4 Å². The second-order valence-corrected chi connectivity index (χ2v) is 18.2. The van der Waals surface area contributed by atoms with Crippen molar-refractivity contribution in [3.63, 3.8) is 0 Å². The quantitative estimate of drug-likeness (QED) is 0.192. The molecule has 0 bridgehead atoms. The van der Waals surface area contributed by atoms with Gasteiger partial charge in [0.25, 0.3) is 0 Å². The molecule has 4 heteroatoms. The van der Waals surface area contributed by atoms with Crippen LogP contribution in [0.5, 0.6) is 0 Å². The van der Waals surface area contributed by atoms with Crippen molar-refractivity contribution in [1.29, 1.82) is 21.6 Å². The van der Waals surface area contributed by atoms with Crippen molar-refractivity contribution in [1.82, 2.24) is 0 Å². The van der Waals surface area contributed by atoms with Gasteiger partial charge in [-0.15, -0.1) is 0 Å². The highest BCUT2D eigenvalue weighted by molar-refractivity contribution is 5.84. The van der Waals surface area contributed by atoms with Crippen molar-refractivity contribution in [2.75, 3.05) is 0 Å². The predicted octanol–water partition coefficient (Wildman–Crippen LogP) is 14.9. The van der Waals surface area contributed by atoms with Gasteiger partial charge >= 0.3 is 0 Å². The SMILES string of the molecule is CC(=N)C(C)(C)C.CC(=N)C(C)(C)C.CC(=N)C(C)(C)C.CC(C)C.CC(C)C.CC(C)C.CC(C)C.[2H]C([2H])C(=N)C(C)(C)C. The molecule has 4 nitrogen and oxygen atoms in total. The number of rotatable bonds is 0. The maximum atomic E-state index is 7.22. The van der Waals surface area contributed by atoms with E-state index in [1.807, 2.05) is 104 Å². The van der Waals surface area contributed by atoms with E-state index in [1.165, 1.54) is 0 Å². The minimum Gasteiger partial charge on any atom is -0.309 e. The molecular weight excluding hydrogens is 536 g/mol. The van der Waals surface area contributed by atoms with Crippen LogP contribution >= 0.6 is 0 Å². The summed E-state index contributed by atoms with van der Waals surface area (Å²) in [7, 11) is 0. The van der Waals surface area contributed by atoms with E-state index in [2.05, 4.69) is 83.1 Å². The van der Waals surface area contributed by atoms with Gasteiger partial charge in [-0.1, -0.05) is 166 Å². The molecule has 4 N–H and O–H groups in total. The van der Waals surface area contributed by atoms with Crippen LogP contribution in [0, 0.1) is 67.0 Å². The van der Waals surface area contributed by atoms with Crippen LogP contribution in [0.25, 0.3) is 0 Å². The van der Waals surface area contributed by atoms with Crippen LogP contribution in [0.3, 0.4) is 0 Å². The summed E-state index contributed by atoms with van der Waals surface area (Å²) < 4.78 is 13.8. The Balaban J connectivity index is -0.0000000610. The first-order valence-electron chi connectivity index (χ1n) is 17.9. The van der Waals surface area contributed by atoms with Crippen LogP contribution in [-0.4, -0.2) is 22.8 Å². The van der Waals surface area contributed by atoms with Gasteiger partial charge in [-0.05, 0) is 73.0 Å². The third-order valence-corrected chi connectivity index (χ3v) is 4.18. The average molecular weight is 631 g/mol. The summed E-state index contributed by atoms with van der Waals surface area (Å²) in [6.07, 6.45) is 0. The van der Waals surface area contributed by atoms with Crippen LogP contribution in [0.15, 0.2) is 0 Å². The van der Waals surface area contributed by atoms with E-state index >= 15 is 0 Å². The number of hydrogen-bond acceptors (Lipinski definition) is 4. The second kappa shape index (κ2) is 31.7. The fourth-order valence-corrected chi connectivity index (χ4v) is 0. The Labute approximate surface area is 286 Å². The molecular formula is C40H92N4. The first kappa shape index (κ1) is 55.1. The fraction of sp³-hybridized carbons (Fsp3) is 0.900. The highest BCUT2D eigenvalue weighted by Crippen LogP contribution is 2.14. The highest BCUT2D eigenvalue weighted by Gasteiger charge is 2.12. The molecule has 0 fully saturated rings. The maximum Gasteiger partial charge on any atom is 0.0292 e. The summed E-state index contributed by atoms with van der Waals surface area (Å²) in [6, 6.07) is 0. The van der Waals surface area contributed by atoms with Gasteiger partial charge in [0, 0.05) is 25.6 Å². The molecule has 0 saturated carbocycles. The molecule has 0 aromatic heterocycles. The molecule has 0 aliphatic heterocycles. The topological polar surface area (TPSA) is 95.4 Å². The number of hydrogen-bond donors (Lipinski definition) is 4. The van der Waals surface area contributed by atoms with E-state index in [9.17, 15) is 0 Å². The van der Waals surface area contributed by atoms with Crippen molar-refractivity contribution in [2.24, 2.45) is 45.3 Å². The molecule has 44 heavy (non-hydrogen) atoms. The molecule has 0 atom stereocenters. The zero-order valence-corrected chi connectivity index (χ0v) is 35.9. The van der Waals surface area contributed by atoms with Gasteiger partial charge in [0.1, 0.15) is 0 Å². The van der Waals surface area contributed by atoms with Gasteiger partial charge in [-0.3, -0.25) is 0 Å². The molecule has 0 unspecified atom stereocenters. The maximum absolute atomic E-state index is 7.22. The lowest BCUT2D eigenvalue weighted by atomic mass is 9.91. The Morgan fingerprint density at radius 3 is 0.432 bits per heavy atom. The van der Waals surface area contributed by atoms with Gasteiger partial charge in [0.15, 0.2) is 0 Å². The first-order chi connectivity index (χ1) is 19.6. The predicted molar refractivity (Wildman–Crippen MR) is 213 cm³/mol. The molecule has 0 saturated heterocycles. The normalized spacial score (nSPS) is 11.3. The largest absolute Gasteiger partial charge is 0.309 e. The Bertz CT molecular complexity index is 628. The molecule has 0 aromatic carbocycles. The molecule has 272 valence electrons. The van der Waals surface area contributed by atoms with Crippen LogP contribution in [0.4, 0.5) is 0 Å². The van der Waals surface area contributed by atoms with E-state index in [1.54, 1.807) is 0 Å². The summed E-state index contributed by atoms with van der Waals surface area (Å²) >= 11 is 0. The van der Waals surface area contributed by atoms with E-state index in [0.717, 1.165) is 40.8 Å². The second-order valence-electron chi connectivity index (χ2n) is 18.2. The van der Waals surface area contributed by atoms with Crippen LogP contribution in [0.1, 0.15) is 197 Å². The summed E-state index contributed by atoms with van der Waals surface area (Å²) in [4.78, 5) is 0. The zero-order chi connectivity index (χ0) is 40.2. The molecule has 0 aromatic rings. The van der Waals surface area contributed by atoms with E-state index in [4.69, 9.17) is 24.4 Å². The van der Waals surface area contributed by atoms with Crippen molar-refractivity contribution in [2.45, 2.75) is 194 Å². The first-order valence-corrected chi connectivity index (χ1v) is 16.7. The lowest BCUT2D eigenvalue weighted by Gasteiger charge is -2.14. The molecule has 0 aliphatic carbocycles. The van der Waals surface area contributed by atoms with Crippen molar-refractivity contribution in [3.8, 4) is 0 Å². The fourth-order valence-electron chi connectivity index (χ4n) is 0. The molecule has 0 spiro atoms. The Morgan fingerprint density at radius 2 is 0.432 bits per heavy atom. The lowest BCUT2D eigenvalue weighted by Crippen LogP contribution is -2.14. The average Bonchev–Trinajstić information content (AvgIpc) is 2.70. The molecule has 0 heterocycles. The smallest absolute Gasteiger partial charge is 0.0292 e. The molecule has 0 amide bonds. The van der Waals surface area contributed by atoms with Crippen molar-refractivity contribution in [3.05, 3.63) is 0 Å². The third-order valence-electron chi connectivity index (χ3n) is 4.18. The van der Waals surface area contributed by atoms with E-state index < -0.39 is 6.88 Å². The standard InChI is InChI=1S/4C6H13N.4C4H10/c4*1-5(7)6(2,3)4;4*1-4(2)3/h4*7H,1-4H3;4*4H,1-3H3/i1D2;;;;;;;. The monoisotopic (exact) mass is 631 g/mol. The van der Waals surface area contributed by atoms with Gasteiger partial charge in [-0.2, -0.15) is 0 Å². The Morgan fingerprint density at radius 1 is 0.341 bits per heavy atom. The minimum atomic E-state index is -1.11. The van der Waals surface area contributed by atoms with E-state index in [0.29, 0.717) is 0 Å². The number of nitrogens with one attached hydrogen (secondary N) is 4. The van der Waals surface area contributed by atoms with Crippen LogP contribution < -0.4 is 0 Å². The van der Waals surface area contributed by atoms with Gasteiger partial charge in [-0.25, -0.2) is 0 Å². The van der Waals surface area contributed by atoms with Gasteiger partial charge in [0.05, 0.1) is 0 Å². The van der Waals surface area contributed by atoms with Crippen molar-refractivity contribution >= 4 is 22.8 Å². The third kappa shape index (κ3) is 125. The Hall–Kier alpha value is -1.32. The Kier molecular flexibility index (Phi) is 39.6. The lowest BCUT2D eigenvalue weighted by molar-refractivity contribution is 0.584. The molecule has 0 aliphatic rings. The molecule has 0 rings (SSSR count). The summed E-state index contributed by atoms with van der Waals surface area (Å²) in [5, 5.41) is 28.7. The highest BCUT2D eigenvalue weighted by atomic mass is 14.5. The van der Waals surface area contributed by atoms with Crippen LogP contribution in [-0.2, 0) is 0 Å². The van der Waals surface area contributed by atoms with Crippen molar-refractivity contribution < 1.29 is 2.74 Å². The zero-order valence-electron chi connectivity index (χ0n) is 37.9. The van der Waals surface area contributed by atoms with Crippen LogP contribution in [0.2, 0.25) is 0 Å². The summed E-state index contributed by atoms with van der Waals surface area (Å²) in [5.41, 5.74) is 2.34.